The number of carbonyl (C=O) groups is 1. The molecule has 25 heavy (non-hydrogen) atoms. The number of rotatable bonds is 5. The Morgan fingerprint density at radius 2 is 2.32 bits per heavy atom. The van der Waals surface area contributed by atoms with Crippen molar-refractivity contribution in [2.24, 2.45) is 0 Å². The van der Waals surface area contributed by atoms with Crippen LogP contribution in [0.2, 0.25) is 0 Å². The number of aliphatic hydroxyl groups excluding tert-OH is 1. The lowest BCUT2D eigenvalue weighted by atomic mass is 10.1. The maximum atomic E-state index is 11.2. The van der Waals surface area contributed by atoms with Gasteiger partial charge in [-0.05, 0) is 26.0 Å². The number of amides is 1. The molecule has 0 saturated carbocycles. The second-order valence-electron chi connectivity index (χ2n) is 6.46. The zero-order valence-electron chi connectivity index (χ0n) is 14.5. The molecular weight excluding hydrogens is 337 g/mol. The maximum Gasteiger partial charge on any atom is 0.200 e. The summed E-state index contributed by atoms with van der Waals surface area (Å²) >= 11 is 1.65. The molecule has 1 saturated heterocycles. The van der Waals surface area contributed by atoms with Gasteiger partial charge in [0.25, 0.3) is 0 Å². The van der Waals surface area contributed by atoms with Gasteiger partial charge in [-0.2, -0.15) is 0 Å². The highest BCUT2D eigenvalue weighted by molar-refractivity contribution is 7.18. The molecule has 0 aliphatic carbocycles. The molecule has 1 fully saturated rings. The van der Waals surface area contributed by atoms with Crippen LogP contribution in [0.4, 0.5) is 4.79 Å². The SMILES string of the molecule is [B]C(=O)N1CCN(C[C@H](O)COc2ccc3sc(C)nc3c2)[C@@H](C)C1. The van der Waals surface area contributed by atoms with Crippen LogP contribution >= 0.6 is 11.3 Å². The van der Waals surface area contributed by atoms with Crippen LogP contribution in [0.1, 0.15) is 11.9 Å². The first-order valence-electron chi connectivity index (χ1n) is 8.39. The van der Waals surface area contributed by atoms with E-state index in [2.05, 4.69) is 9.88 Å². The van der Waals surface area contributed by atoms with E-state index in [0.717, 1.165) is 15.2 Å². The average molecular weight is 359 g/mol. The molecule has 1 aliphatic rings. The molecule has 1 amide bonds. The van der Waals surface area contributed by atoms with Crippen LogP contribution in [0.25, 0.3) is 10.2 Å². The van der Waals surface area contributed by atoms with Crippen molar-refractivity contribution in [1.82, 2.24) is 14.8 Å². The van der Waals surface area contributed by atoms with E-state index in [9.17, 15) is 9.90 Å². The monoisotopic (exact) mass is 359 g/mol. The summed E-state index contributed by atoms with van der Waals surface area (Å²) in [4.78, 5) is 19.5. The minimum atomic E-state index is -0.601. The summed E-state index contributed by atoms with van der Waals surface area (Å²) in [7, 11) is 5.32. The molecule has 1 N–H and O–H groups in total. The number of β-amino-alcohol motifs (C(OH)–C–C–N with tert-alkyl or cyclic N) is 1. The Morgan fingerprint density at radius 3 is 3.04 bits per heavy atom. The van der Waals surface area contributed by atoms with Crippen molar-refractivity contribution in [2.75, 3.05) is 32.8 Å². The number of piperazine rings is 1. The van der Waals surface area contributed by atoms with Crippen LogP contribution in [0.5, 0.6) is 5.75 Å². The fourth-order valence-electron chi connectivity index (χ4n) is 3.09. The molecule has 3 rings (SSSR count). The summed E-state index contributed by atoms with van der Waals surface area (Å²) in [5.74, 6) is 0.325. The molecule has 132 valence electrons. The van der Waals surface area contributed by atoms with Gasteiger partial charge in [0.1, 0.15) is 18.5 Å². The van der Waals surface area contributed by atoms with E-state index in [-0.39, 0.29) is 18.5 Å². The highest BCUT2D eigenvalue weighted by Gasteiger charge is 2.26. The predicted octanol–water partition coefficient (Wildman–Crippen LogP) is 1.64. The molecule has 0 unspecified atom stereocenters. The Bertz CT molecular complexity index is 754. The van der Waals surface area contributed by atoms with Gasteiger partial charge in [0.15, 0.2) is 5.81 Å². The normalized spacial score (nSPS) is 20.0. The number of benzene rings is 1. The molecule has 0 bridgehead atoms. The van der Waals surface area contributed by atoms with Crippen molar-refractivity contribution < 1.29 is 14.6 Å². The third-order valence-electron chi connectivity index (χ3n) is 4.43. The van der Waals surface area contributed by atoms with Gasteiger partial charge in [-0.25, -0.2) is 4.98 Å². The predicted molar refractivity (Wildman–Crippen MR) is 99.6 cm³/mol. The molecule has 6 nitrogen and oxygen atoms in total. The first-order valence-corrected chi connectivity index (χ1v) is 9.20. The summed E-state index contributed by atoms with van der Waals surface area (Å²) in [6, 6.07) is 5.96. The Hall–Kier alpha value is -1.64. The second kappa shape index (κ2) is 7.72. The molecule has 2 aromatic rings. The maximum absolute atomic E-state index is 11.2. The number of hydrogen-bond donors (Lipinski definition) is 1. The van der Waals surface area contributed by atoms with Crippen molar-refractivity contribution >= 4 is 35.2 Å². The van der Waals surface area contributed by atoms with E-state index in [1.165, 1.54) is 0 Å². The molecule has 2 heterocycles. The van der Waals surface area contributed by atoms with Crippen LogP contribution in [-0.4, -0.2) is 78.5 Å². The fraction of sp³-hybridized carbons (Fsp3) is 0.529. The quantitative estimate of drug-likeness (QED) is 0.823. The van der Waals surface area contributed by atoms with Crippen LogP contribution in [0.3, 0.4) is 0 Å². The van der Waals surface area contributed by atoms with E-state index >= 15 is 0 Å². The number of nitrogens with zero attached hydrogens (tertiary/aromatic N) is 3. The third kappa shape index (κ3) is 4.51. The molecule has 1 aromatic heterocycles. The lowest BCUT2D eigenvalue weighted by Gasteiger charge is -2.40. The number of aromatic nitrogens is 1. The smallest absolute Gasteiger partial charge is 0.200 e. The van der Waals surface area contributed by atoms with Gasteiger partial charge in [0, 0.05) is 38.3 Å². The second-order valence-corrected chi connectivity index (χ2v) is 7.69. The zero-order chi connectivity index (χ0) is 18.0. The number of ether oxygens (including phenoxy) is 1. The lowest BCUT2D eigenvalue weighted by molar-refractivity contribution is 0.0316. The van der Waals surface area contributed by atoms with Gasteiger partial charge in [-0.3, -0.25) is 9.69 Å². The average Bonchev–Trinajstić information content (AvgIpc) is 2.94. The molecule has 2 atom stereocenters. The number of fused-ring (bicyclic) bond motifs is 1. The number of thiazole rings is 1. The zero-order valence-corrected chi connectivity index (χ0v) is 15.3. The van der Waals surface area contributed by atoms with E-state index < -0.39 is 6.10 Å². The third-order valence-corrected chi connectivity index (χ3v) is 5.38. The van der Waals surface area contributed by atoms with Gasteiger partial charge in [-0.1, -0.05) is 0 Å². The highest BCUT2D eigenvalue weighted by atomic mass is 32.1. The van der Waals surface area contributed by atoms with Gasteiger partial charge >= 0.3 is 0 Å². The minimum absolute atomic E-state index is 0.158. The number of carbonyl (C=O) groups excluding carboxylic acids is 1. The minimum Gasteiger partial charge on any atom is -0.491 e. The molecule has 2 radical (unpaired) electrons. The van der Waals surface area contributed by atoms with Crippen LogP contribution in [0, 0.1) is 6.92 Å². The van der Waals surface area contributed by atoms with Gasteiger partial charge in [-0.15, -0.1) is 11.3 Å². The van der Waals surface area contributed by atoms with Gasteiger partial charge in [0.2, 0.25) is 7.85 Å². The highest BCUT2D eigenvalue weighted by Crippen LogP contribution is 2.25. The van der Waals surface area contributed by atoms with Crippen LogP contribution in [-0.2, 0) is 0 Å². The summed E-state index contributed by atoms with van der Waals surface area (Å²) in [6.45, 7) is 6.61. The lowest BCUT2D eigenvalue weighted by Crippen LogP contribution is -2.55. The Morgan fingerprint density at radius 1 is 1.52 bits per heavy atom. The van der Waals surface area contributed by atoms with Crippen molar-refractivity contribution in [2.45, 2.75) is 26.0 Å². The summed E-state index contributed by atoms with van der Waals surface area (Å²) in [6.07, 6.45) is -0.601. The van der Waals surface area contributed by atoms with Crippen molar-refractivity contribution in [3.63, 3.8) is 0 Å². The molecule has 1 aromatic carbocycles. The van der Waals surface area contributed by atoms with E-state index in [0.29, 0.717) is 31.9 Å². The summed E-state index contributed by atoms with van der Waals surface area (Å²) in [5, 5.41) is 11.3. The number of aliphatic hydroxyl groups is 1. The number of hydrogen-bond acceptors (Lipinski definition) is 6. The molecular formula is C17H22BN3O3S. The van der Waals surface area contributed by atoms with Gasteiger partial charge in [0.05, 0.1) is 15.2 Å². The van der Waals surface area contributed by atoms with Crippen LogP contribution in [0.15, 0.2) is 18.2 Å². The standard InChI is InChI=1S/C17H22BN3O3S/c1-11-8-21(17(18)23)6-5-20(11)9-13(22)10-24-14-3-4-16-15(7-14)19-12(2)25-16/h3-4,7,11,13,22H,5-6,8-10H2,1-2H3/t11-,13-/m0/s1. The topological polar surface area (TPSA) is 65.9 Å². The fourth-order valence-corrected chi connectivity index (χ4v) is 3.90. The molecule has 8 heteroatoms. The summed E-state index contributed by atoms with van der Waals surface area (Å²) < 4.78 is 6.86. The van der Waals surface area contributed by atoms with Crippen molar-refractivity contribution in [1.29, 1.82) is 0 Å². The van der Waals surface area contributed by atoms with Crippen LogP contribution < -0.4 is 4.74 Å². The van der Waals surface area contributed by atoms with Crippen molar-refractivity contribution in [3.8, 4) is 5.75 Å². The molecule has 1 aliphatic heterocycles. The van der Waals surface area contributed by atoms with E-state index in [4.69, 9.17) is 12.6 Å². The Kier molecular flexibility index (Phi) is 5.61. The first-order chi connectivity index (χ1) is 11.9. The first kappa shape index (κ1) is 18.2. The Labute approximate surface area is 152 Å². The molecule has 0 spiro atoms. The van der Waals surface area contributed by atoms with E-state index in [1.807, 2.05) is 32.0 Å². The summed E-state index contributed by atoms with van der Waals surface area (Å²) in [5.41, 5.74) is 0.922. The largest absolute Gasteiger partial charge is 0.491 e. The van der Waals surface area contributed by atoms with Gasteiger partial charge < -0.3 is 14.7 Å². The van der Waals surface area contributed by atoms with E-state index in [1.54, 1.807) is 16.2 Å². The Balaban J connectivity index is 1.50. The number of aryl methyl sites for hydroxylation is 1. The van der Waals surface area contributed by atoms with Crippen molar-refractivity contribution in [3.05, 3.63) is 23.2 Å².